The lowest BCUT2D eigenvalue weighted by Crippen LogP contribution is -2.13. The number of nitrogens with two attached hydrogens (primary N) is 1. The van der Waals surface area contributed by atoms with E-state index in [1.165, 1.54) is 6.20 Å². The Hall–Kier alpha value is -3.89. The lowest BCUT2D eigenvalue weighted by atomic mass is 10.1. The molecule has 0 bridgehead atoms. The summed E-state index contributed by atoms with van der Waals surface area (Å²) in [5.74, 6) is -1.35. The van der Waals surface area contributed by atoms with Crippen molar-refractivity contribution < 1.29 is 22.4 Å². The summed E-state index contributed by atoms with van der Waals surface area (Å²) in [5, 5.41) is 4.19. The van der Waals surface area contributed by atoms with Gasteiger partial charge in [-0.15, -0.1) is 0 Å². The Labute approximate surface area is 185 Å². The van der Waals surface area contributed by atoms with Gasteiger partial charge in [-0.1, -0.05) is 12.1 Å². The molecule has 11 heteroatoms. The van der Waals surface area contributed by atoms with Crippen molar-refractivity contribution in [1.82, 2.24) is 24.7 Å². The Balaban J connectivity index is 0.000000172. The first kappa shape index (κ1) is 22.3. The summed E-state index contributed by atoms with van der Waals surface area (Å²) < 4.78 is 53.4. The Kier molecular flexibility index (Phi) is 6.03. The number of aromatic nitrogens is 5. The van der Waals surface area contributed by atoms with Gasteiger partial charge in [-0.2, -0.15) is 18.3 Å². The van der Waals surface area contributed by atoms with Gasteiger partial charge in [0.1, 0.15) is 11.4 Å². The van der Waals surface area contributed by atoms with E-state index in [9.17, 15) is 22.4 Å². The predicted octanol–water partition coefficient (Wildman–Crippen LogP) is 4.17. The molecule has 4 aromatic rings. The first-order valence-corrected chi connectivity index (χ1v) is 10.0. The second kappa shape index (κ2) is 8.93. The Morgan fingerprint density at radius 1 is 1.03 bits per heavy atom. The molecular formula is C22H18F4N6O. The first-order valence-electron chi connectivity index (χ1n) is 10.0. The van der Waals surface area contributed by atoms with Crippen LogP contribution in [-0.4, -0.2) is 30.6 Å². The molecule has 4 heterocycles. The van der Waals surface area contributed by atoms with E-state index in [2.05, 4.69) is 20.1 Å². The summed E-state index contributed by atoms with van der Waals surface area (Å²) in [6, 6.07) is 9.67. The quantitative estimate of drug-likeness (QED) is 0.455. The van der Waals surface area contributed by atoms with Crippen molar-refractivity contribution in [3.8, 4) is 11.3 Å². The number of primary amides is 1. The number of pyridine rings is 1. The second-order valence-corrected chi connectivity index (χ2v) is 7.36. The fraction of sp³-hybridized carbons (Fsp3) is 0.227. The zero-order chi connectivity index (χ0) is 23.6. The van der Waals surface area contributed by atoms with Crippen molar-refractivity contribution >= 4 is 16.9 Å². The van der Waals surface area contributed by atoms with E-state index in [1.54, 1.807) is 16.8 Å². The minimum atomic E-state index is -4.60. The summed E-state index contributed by atoms with van der Waals surface area (Å²) in [6.45, 7) is 0.716. The molecule has 0 spiro atoms. The van der Waals surface area contributed by atoms with E-state index < -0.39 is 23.6 Å². The number of amides is 1. The molecule has 170 valence electrons. The summed E-state index contributed by atoms with van der Waals surface area (Å²) >= 11 is 0. The molecular weight excluding hydrogens is 440 g/mol. The highest BCUT2D eigenvalue weighted by Crippen LogP contribution is 2.32. The first-order chi connectivity index (χ1) is 15.7. The highest BCUT2D eigenvalue weighted by atomic mass is 19.4. The van der Waals surface area contributed by atoms with Crippen LogP contribution >= 0.6 is 0 Å². The number of hydrogen-bond acceptors (Lipinski definition) is 5. The van der Waals surface area contributed by atoms with Gasteiger partial charge in [0.25, 0.3) is 5.91 Å². The minimum absolute atomic E-state index is 0.158. The number of rotatable bonds is 2. The van der Waals surface area contributed by atoms with E-state index in [4.69, 9.17) is 5.73 Å². The number of halogens is 4. The van der Waals surface area contributed by atoms with Crippen molar-refractivity contribution in [3.63, 3.8) is 0 Å². The molecule has 3 aromatic heterocycles. The average molecular weight is 458 g/mol. The summed E-state index contributed by atoms with van der Waals surface area (Å²) in [5.41, 5.74) is 6.58. The molecule has 0 fully saturated rings. The molecule has 1 aliphatic heterocycles. The molecule has 0 atom stereocenters. The van der Waals surface area contributed by atoms with E-state index in [1.807, 2.05) is 18.2 Å². The normalized spacial score (nSPS) is 13.2. The zero-order valence-corrected chi connectivity index (χ0v) is 17.2. The Morgan fingerprint density at radius 2 is 1.79 bits per heavy atom. The maximum absolute atomic E-state index is 13.7. The number of hydrogen-bond donors (Lipinski definition) is 1. The third-order valence-electron chi connectivity index (χ3n) is 5.04. The van der Waals surface area contributed by atoms with Gasteiger partial charge in [-0.3, -0.25) is 14.5 Å². The van der Waals surface area contributed by atoms with Crippen LogP contribution in [0.1, 0.15) is 34.7 Å². The Bertz CT molecular complexity index is 1290. The molecule has 1 amide bonds. The predicted molar refractivity (Wildman–Crippen MR) is 111 cm³/mol. The van der Waals surface area contributed by atoms with Crippen LogP contribution < -0.4 is 5.73 Å². The maximum atomic E-state index is 13.7. The second-order valence-electron chi connectivity index (χ2n) is 7.36. The highest BCUT2D eigenvalue weighted by molar-refractivity contribution is 5.92. The standard InChI is InChI=1S/C13H11F4N3.C9H7N3O/c14-10-7-18-12(13(15,16)17)6-9(10)11-5-8-3-1-2-4-20(8)19-11;10-9(13)8-5-11-6-3-1-2-4-7(6)12-8/h5-7H,1-4H2;1-5H,(H2,10,13). The molecule has 2 N–H and O–H groups in total. The number of para-hydroxylation sites is 2. The smallest absolute Gasteiger partial charge is 0.364 e. The van der Waals surface area contributed by atoms with Gasteiger partial charge in [0.2, 0.25) is 0 Å². The van der Waals surface area contributed by atoms with Gasteiger partial charge in [0, 0.05) is 17.8 Å². The van der Waals surface area contributed by atoms with Gasteiger partial charge < -0.3 is 5.73 Å². The van der Waals surface area contributed by atoms with E-state index in [0.29, 0.717) is 24.3 Å². The largest absolute Gasteiger partial charge is 0.433 e. The highest BCUT2D eigenvalue weighted by Gasteiger charge is 2.33. The molecule has 1 aliphatic rings. The maximum Gasteiger partial charge on any atom is 0.433 e. The lowest BCUT2D eigenvalue weighted by molar-refractivity contribution is -0.141. The van der Waals surface area contributed by atoms with Crippen LogP contribution in [0.2, 0.25) is 0 Å². The average Bonchev–Trinajstić information content (AvgIpc) is 3.22. The zero-order valence-electron chi connectivity index (χ0n) is 17.2. The van der Waals surface area contributed by atoms with Crippen molar-refractivity contribution in [2.24, 2.45) is 5.73 Å². The van der Waals surface area contributed by atoms with Crippen LogP contribution in [0, 0.1) is 5.82 Å². The summed E-state index contributed by atoms with van der Waals surface area (Å²) in [4.78, 5) is 21.9. The molecule has 0 saturated carbocycles. The molecule has 0 unspecified atom stereocenters. The van der Waals surface area contributed by atoms with Gasteiger partial charge in [0.05, 0.1) is 29.1 Å². The Morgan fingerprint density at radius 3 is 2.48 bits per heavy atom. The van der Waals surface area contributed by atoms with Crippen LogP contribution in [0.5, 0.6) is 0 Å². The van der Waals surface area contributed by atoms with Crippen molar-refractivity contribution in [2.75, 3.05) is 0 Å². The van der Waals surface area contributed by atoms with Gasteiger partial charge in [-0.05, 0) is 43.5 Å². The number of alkyl halides is 3. The molecule has 0 aliphatic carbocycles. The van der Waals surface area contributed by atoms with E-state index >= 15 is 0 Å². The van der Waals surface area contributed by atoms with Crippen molar-refractivity contribution in [2.45, 2.75) is 32.0 Å². The fourth-order valence-electron chi connectivity index (χ4n) is 3.42. The van der Waals surface area contributed by atoms with E-state index in [-0.39, 0.29) is 17.0 Å². The van der Waals surface area contributed by atoms with Crippen LogP contribution in [0.3, 0.4) is 0 Å². The van der Waals surface area contributed by atoms with Crippen molar-refractivity contribution in [3.05, 3.63) is 71.7 Å². The minimum Gasteiger partial charge on any atom is -0.364 e. The topological polar surface area (TPSA) is 99.6 Å². The fourth-order valence-corrected chi connectivity index (χ4v) is 3.42. The van der Waals surface area contributed by atoms with Crippen LogP contribution in [-0.2, 0) is 19.1 Å². The molecule has 0 saturated heterocycles. The monoisotopic (exact) mass is 458 g/mol. The van der Waals surface area contributed by atoms with E-state index in [0.717, 1.165) is 30.5 Å². The number of benzene rings is 1. The van der Waals surface area contributed by atoms with Crippen LogP contribution in [0.4, 0.5) is 17.6 Å². The van der Waals surface area contributed by atoms with Crippen molar-refractivity contribution in [1.29, 1.82) is 0 Å². The van der Waals surface area contributed by atoms with Crippen LogP contribution in [0.25, 0.3) is 22.3 Å². The molecule has 33 heavy (non-hydrogen) atoms. The number of aryl methyl sites for hydroxylation is 2. The third kappa shape index (κ3) is 4.97. The summed E-state index contributed by atoms with van der Waals surface area (Å²) in [6.07, 6.45) is 0.174. The van der Waals surface area contributed by atoms with Gasteiger partial charge in [-0.25, -0.2) is 14.4 Å². The molecule has 7 nitrogen and oxygen atoms in total. The van der Waals surface area contributed by atoms with Gasteiger partial charge >= 0.3 is 6.18 Å². The molecule has 1 aromatic carbocycles. The molecule has 0 radical (unpaired) electrons. The van der Waals surface area contributed by atoms with Crippen LogP contribution in [0.15, 0.2) is 48.8 Å². The number of carbonyl (C=O) groups is 1. The number of fused-ring (bicyclic) bond motifs is 2. The third-order valence-corrected chi connectivity index (χ3v) is 5.04. The molecule has 5 rings (SSSR count). The number of carbonyl (C=O) groups excluding carboxylic acids is 1. The lowest BCUT2D eigenvalue weighted by Gasteiger charge is -2.11. The summed E-state index contributed by atoms with van der Waals surface area (Å²) in [7, 11) is 0. The SMILES string of the molecule is Fc1cnc(C(F)(F)F)cc1-c1cc2n(n1)CCCC2.NC(=O)c1cnc2ccccc2n1. The number of nitrogens with zero attached hydrogens (tertiary/aromatic N) is 5. The van der Waals surface area contributed by atoms with Gasteiger partial charge in [0.15, 0.2) is 5.82 Å².